The minimum absolute atomic E-state index is 0.0596. The van der Waals surface area contributed by atoms with Crippen LogP contribution >= 0.6 is 22.6 Å². The quantitative estimate of drug-likeness (QED) is 0.200. The fourth-order valence-corrected chi connectivity index (χ4v) is 4.27. The highest BCUT2D eigenvalue weighted by Gasteiger charge is 2.25. The molecule has 0 saturated heterocycles. The van der Waals surface area contributed by atoms with Crippen molar-refractivity contribution in [1.29, 1.82) is 0 Å². The lowest BCUT2D eigenvalue weighted by molar-refractivity contribution is -0.386. The van der Waals surface area contributed by atoms with Crippen molar-refractivity contribution in [3.63, 3.8) is 0 Å². The predicted octanol–water partition coefficient (Wildman–Crippen LogP) is 5.93. The smallest absolute Gasteiger partial charge is 0.315 e. The van der Waals surface area contributed by atoms with E-state index in [1.165, 1.54) is 37.3 Å². The van der Waals surface area contributed by atoms with Crippen molar-refractivity contribution in [1.82, 2.24) is 0 Å². The van der Waals surface area contributed by atoms with Gasteiger partial charge in [0.15, 0.2) is 0 Å². The lowest BCUT2D eigenvalue weighted by Gasteiger charge is -2.15. The van der Waals surface area contributed by atoms with Crippen LogP contribution in [0.4, 0.5) is 20.2 Å². The van der Waals surface area contributed by atoms with Crippen LogP contribution in [-0.2, 0) is 16.4 Å². The van der Waals surface area contributed by atoms with Gasteiger partial charge in [0.2, 0.25) is 15.8 Å². The lowest BCUT2D eigenvalue weighted by Crippen LogP contribution is -2.15. The van der Waals surface area contributed by atoms with Crippen molar-refractivity contribution in [2.45, 2.75) is 20.3 Å². The van der Waals surface area contributed by atoms with Gasteiger partial charge in [-0.05, 0) is 72.3 Å². The summed E-state index contributed by atoms with van der Waals surface area (Å²) in [6.07, 6.45) is -0.220. The highest BCUT2D eigenvalue weighted by molar-refractivity contribution is 14.1. The van der Waals surface area contributed by atoms with E-state index in [0.717, 1.165) is 12.1 Å². The molecule has 0 heterocycles. The normalized spacial score (nSPS) is 11.3. The first-order valence-corrected chi connectivity index (χ1v) is 12.4. The lowest BCUT2D eigenvalue weighted by atomic mass is 10.0. The van der Waals surface area contributed by atoms with Crippen LogP contribution in [0.5, 0.6) is 11.5 Å². The van der Waals surface area contributed by atoms with Gasteiger partial charge >= 0.3 is 5.69 Å². The third kappa shape index (κ3) is 5.96. The molecule has 0 radical (unpaired) electrons. The molecule has 3 rings (SSSR count). The molecule has 1 N–H and O–H groups in total. The van der Waals surface area contributed by atoms with Gasteiger partial charge in [0.1, 0.15) is 17.4 Å². The molecular weight excluding hydrogens is 569 g/mol. The molecule has 0 aliphatic heterocycles. The topological polar surface area (TPSA) is 98.5 Å². The molecule has 3 aromatic carbocycles. The van der Waals surface area contributed by atoms with Gasteiger partial charge in [0, 0.05) is 27.2 Å². The van der Waals surface area contributed by atoms with Crippen LogP contribution in [0.25, 0.3) is 0 Å². The third-order valence-corrected chi connectivity index (χ3v) is 6.81. The van der Waals surface area contributed by atoms with E-state index in [9.17, 15) is 27.3 Å². The first kappa shape index (κ1) is 24.8. The summed E-state index contributed by atoms with van der Waals surface area (Å²) in [5, 5.41) is 11.9. The molecular formula is C22H19F2IN2O5S. The largest absolute Gasteiger partial charge is 0.450 e. The van der Waals surface area contributed by atoms with Gasteiger partial charge in [-0.15, -0.1) is 0 Å². The number of halogens is 3. The van der Waals surface area contributed by atoms with Gasteiger partial charge < -0.3 is 4.74 Å². The Hall–Kier alpha value is -2.80. The maximum Gasteiger partial charge on any atom is 0.315 e. The molecule has 0 saturated carbocycles. The van der Waals surface area contributed by atoms with Gasteiger partial charge in [-0.2, -0.15) is 0 Å². The van der Waals surface area contributed by atoms with Gasteiger partial charge in [0.05, 0.1) is 16.4 Å². The number of hydrogen-bond donors (Lipinski definition) is 1. The molecule has 33 heavy (non-hydrogen) atoms. The van der Waals surface area contributed by atoms with E-state index in [2.05, 4.69) is 4.72 Å². The van der Waals surface area contributed by atoms with Gasteiger partial charge in [0.25, 0.3) is 0 Å². The fourth-order valence-electron chi connectivity index (χ4n) is 3.11. The van der Waals surface area contributed by atoms with Crippen LogP contribution in [-0.4, -0.2) is 19.1 Å². The van der Waals surface area contributed by atoms with Crippen molar-refractivity contribution in [2.24, 2.45) is 0 Å². The number of anilines is 1. The second-order valence-electron chi connectivity index (χ2n) is 7.12. The first-order valence-electron chi connectivity index (χ1n) is 9.69. The standard InChI is InChI=1S/C22H19F2IN2O5S/c1-3-33(30,31)26-19-5-4-6-20(13(19)2)32-21-11-16(23)10-15(22(21)27(28)29)9-14-7-8-17(25)12-18(14)24/h4-8,10-12,26H,3,9H2,1-2H3. The Labute approximate surface area is 203 Å². The molecule has 0 aromatic heterocycles. The van der Waals surface area contributed by atoms with Crippen molar-refractivity contribution in [3.8, 4) is 11.5 Å². The molecule has 11 heteroatoms. The predicted molar refractivity (Wildman–Crippen MR) is 129 cm³/mol. The maximum absolute atomic E-state index is 14.4. The summed E-state index contributed by atoms with van der Waals surface area (Å²) in [4.78, 5) is 11.2. The number of hydrogen-bond acceptors (Lipinski definition) is 5. The van der Waals surface area contributed by atoms with Crippen molar-refractivity contribution < 1.29 is 26.9 Å². The van der Waals surface area contributed by atoms with E-state index in [1.807, 2.05) is 22.6 Å². The van der Waals surface area contributed by atoms with Crippen molar-refractivity contribution in [2.75, 3.05) is 10.5 Å². The minimum Gasteiger partial charge on any atom is -0.450 e. The number of nitro groups is 1. The number of nitrogens with zero attached hydrogens (tertiary/aromatic N) is 1. The van der Waals surface area contributed by atoms with E-state index in [1.54, 1.807) is 13.0 Å². The zero-order valence-corrected chi connectivity index (χ0v) is 20.5. The zero-order valence-electron chi connectivity index (χ0n) is 17.6. The van der Waals surface area contributed by atoms with Crippen LogP contribution in [0.3, 0.4) is 0 Å². The van der Waals surface area contributed by atoms with E-state index in [4.69, 9.17) is 4.74 Å². The van der Waals surface area contributed by atoms with Crippen LogP contribution in [0.1, 0.15) is 23.6 Å². The molecule has 0 aliphatic carbocycles. The molecule has 174 valence electrons. The van der Waals surface area contributed by atoms with Crippen LogP contribution in [0.2, 0.25) is 0 Å². The fraction of sp³-hybridized carbons (Fsp3) is 0.182. The molecule has 0 fully saturated rings. The van der Waals surface area contributed by atoms with E-state index in [-0.39, 0.29) is 40.5 Å². The number of ether oxygens (including phenoxy) is 1. The van der Waals surface area contributed by atoms with Crippen LogP contribution in [0, 0.1) is 32.2 Å². The van der Waals surface area contributed by atoms with E-state index >= 15 is 0 Å². The molecule has 0 bridgehead atoms. The molecule has 3 aromatic rings. The Morgan fingerprint density at radius 3 is 2.45 bits per heavy atom. The highest BCUT2D eigenvalue weighted by atomic mass is 127. The number of benzene rings is 3. The molecule has 0 atom stereocenters. The van der Waals surface area contributed by atoms with Crippen molar-refractivity contribution in [3.05, 3.63) is 90.5 Å². The number of rotatable bonds is 8. The summed E-state index contributed by atoms with van der Waals surface area (Å²) < 4.78 is 61.3. The Morgan fingerprint density at radius 2 is 1.82 bits per heavy atom. The molecule has 0 spiro atoms. The Morgan fingerprint density at radius 1 is 1.09 bits per heavy atom. The van der Waals surface area contributed by atoms with E-state index < -0.39 is 32.3 Å². The van der Waals surface area contributed by atoms with Gasteiger partial charge in [-0.1, -0.05) is 12.1 Å². The maximum atomic E-state index is 14.4. The van der Waals surface area contributed by atoms with Gasteiger partial charge in [-0.3, -0.25) is 14.8 Å². The van der Waals surface area contributed by atoms with Crippen molar-refractivity contribution >= 4 is 44.0 Å². The summed E-state index contributed by atoms with van der Waals surface area (Å²) in [5.74, 6) is -1.77. The molecule has 0 aliphatic rings. The second-order valence-corrected chi connectivity index (χ2v) is 10.4. The first-order chi connectivity index (χ1) is 15.5. The number of nitro benzene ring substituents is 1. The average Bonchev–Trinajstić information content (AvgIpc) is 2.72. The molecule has 0 unspecified atom stereocenters. The molecule has 7 nitrogen and oxygen atoms in total. The highest BCUT2D eigenvalue weighted by Crippen LogP contribution is 2.39. The summed E-state index contributed by atoms with van der Waals surface area (Å²) in [6.45, 7) is 3.04. The van der Waals surface area contributed by atoms with Gasteiger partial charge in [-0.25, -0.2) is 17.2 Å². The number of nitrogens with one attached hydrogen (secondary N) is 1. The minimum atomic E-state index is -3.57. The third-order valence-electron chi connectivity index (χ3n) is 4.85. The Bertz CT molecular complexity index is 1330. The number of sulfonamides is 1. The summed E-state index contributed by atoms with van der Waals surface area (Å²) in [6, 6.07) is 10.8. The summed E-state index contributed by atoms with van der Waals surface area (Å²) in [7, 11) is -3.57. The molecule has 0 amide bonds. The Balaban J connectivity index is 2.05. The summed E-state index contributed by atoms with van der Waals surface area (Å²) in [5.41, 5.74) is 0.194. The van der Waals surface area contributed by atoms with Crippen LogP contribution < -0.4 is 9.46 Å². The Kier molecular flexibility index (Phi) is 7.52. The summed E-state index contributed by atoms with van der Waals surface area (Å²) >= 11 is 1.94. The SMILES string of the molecule is CCS(=O)(=O)Nc1cccc(Oc2cc(F)cc(Cc3ccc(I)cc3F)c2[N+](=O)[O-])c1C. The van der Waals surface area contributed by atoms with Crippen LogP contribution in [0.15, 0.2) is 48.5 Å². The van der Waals surface area contributed by atoms with E-state index in [0.29, 0.717) is 9.13 Å². The monoisotopic (exact) mass is 588 g/mol. The average molecular weight is 588 g/mol. The second kappa shape index (κ2) is 10.00. The zero-order chi connectivity index (χ0) is 24.3.